The highest BCUT2D eigenvalue weighted by Gasteiger charge is 2.40. The summed E-state index contributed by atoms with van der Waals surface area (Å²) < 4.78 is 2.04. The van der Waals surface area contributed by atoms with Gasteiger partial charge in [-0.1, -0.05) is 18.5 Å². The monoisotopic (exact) mass is 312 g/mol. The Kier molecular flexibility index (Phi) is 4.72. The van der Waals surface area contributed by atoms with Gasteiger partial charge in [-0.25, -0.2) is 0 Å². The number of rotatable bonds is 4. The number of hydrogen-bond donors (Lipinski definition) is 1. The number of nitrogens with one attached hydrogen (secondary N) is 1. The summed E-state index contributed by atoms with van der Waals surface area (Å²) in [5.41, 5.74) is 2.37. The van der Waals surface area contributed by atoms with Gasteiger partial charge in [0, 0.05) is 37.3 Å². The highest BCUT2D eigenvalue weighted by atomic mass is 35.5. The van der Waals surface area contributed by atoms with Gasteiger partial charge in [0.2, 0.25) is 0 Å². The van der Waals surface area contributed by atoms with Gasteiger partial charge in [-0.05, 0) is 41.0 Å². The fourth-order valence-electron chi connectivity index (χ4n) is 3.06. The summed E-state index contributed by atoms with van der Waals surface area (Å²) in [5.74, 6) is 0. The van der Waals surface area contributed by atoms with Crippen LogP contribution < -0.4 is 5.32 Å². The average molecular weight is 313 g/mol. The quantitative estimate of drug-likeness (QED) is 0.926. The van der Waals surface area contributed by atoms with Crippen molar-refractivity contribution in [2.45, 2.75) is 72.1 Å². The predicted molar refractivity (Wildman–Crippen MR) is 88.8 cm³/mol. The molecule has 0 saturated carbocycles. The molecular weight excluding hydrogens is 284 g/mol. The molecule has 2 rings (SSSR count). The number of aromatic nitrogens is 2. The van der Waals surface area contributed by atoms with E-state index in [1.165, 1.54) is 0 Å². The topological polar surface area (TPSA) is 33.1 Å². The van der Waals surface area contributed by atoms with Crippen molar-refractivity contribution in [2.24, 2.45) is 0 Å². The van der Waals surface area contributed by atoms with Gasteiger partial charge in [-0.3, -0.25) is 9.58 Å². The minimum Gasteiger partial charge on any atom is -0.309 e. The van der Waals surface area contributed by atoms with Gasteiger partial charge < -0.3 is 5.32 Å². The van der Waals surface area contributed by atoms with Gasteiger partial charge in [-0.15, -0.1) is 0 Å². The van der Waals surface area contributed by atoms with Crippen LogP contribution in [-0.2, 0) is 13.1 Å². The summed E-state index contributed by atoms with van der Waals surface area (Å²) in [4.78, 5) is 2.57. The van der Waals surface area contributed by atoms with E-state index in [4.69, 9.17) is 11.6 Å². The lowest BCUT2D eigenvalue weighted by molar-refractivity contribution is 0.0156. The Morgan fingerprint density at radius 2 is 1.95 bits per heavy atom. The standard InChI is InChI=1S/C16H29ClN4/c1-7-16(6)10-18-15(4,5)11-20(16)9-13-14(17)12(3)19-21(13)8-2/h18H,7-11H2,1-6H3. The molecule has 2 heterocycles. The molecule has 1 unspecified atom stereocenters. The van der Waals surface area contributed by atoms with Gasteiger partial charge in [0.15, 0.2) is 0 Å². The van der Waals surface area contributed by atoms with E-state index in [1.54, 1.807) is 0 Å². The second kappa shape index (κ2) is 5.90. The van der Waals surface area contributed by atoms with Crippen LogP contribution in [0.4, 0.5) is 0 Å². The molecule has 1 saturated heterocycles. The van der Waals surface area contributed by atoms with Crippen LogP contribution in [0.5, 0.6) is 0 Å². The maximum Gasteiger partial charge on any atom is 0.0860 e. The molecule has 1 fully saturated rings. The summed E-state index contributed by atoms with van der Waals surface area (Å²) in [6.07, 6.45) is 1.12. The van der Waals surface area contributed by atoms with Crippen molar-refractivity contribution in [3.63, 3.8) is 0 Å². The van der Waals surface area contributed by atoms with Crippen molar-refractivity contribution >= 4 is 11.6 Å². The molecule has 1 aromatic heterocycles. The van der Waals surface area contributed by atoms with Crippen LogP contribution in [0.15, 0.2) is 0 Å². The van der Waals surface area contributed by atoms with E-state index in [0.29, 0.717) is 0 Å². The summed E-state index contributed by atoms with van der Waals surface area (Å²) in [6.45, 7) is 17.0. The normalized spacial score (nSPS) is 26.2. The van der Waals surface area contributed by atoms with Gasteiger partial charge in [0.05, 0.1) is 16.4 Å². The Labute approximate surface area is 133 Å². The Balaban J connectivity index is 2.31. The lowest BCUT2D eigenvalue weighted by atomic mass is 9.88. The van der Waals surface area contributed by atoms with E-state index in [9.17, 15) is 0 Å². The van der Waals surface area contributed by atoms with Gasteiger partial charge in [0.1, 0.15) is 0 Å². The van der Waals surface area contributed by atoms with Crippen LogP contribution in [0.25, 0.3) is 0 Å². The summed E-state index contributed by atoms with van der Waals surface area (Å²) in [6, 6.07) is 0. The van der Waals surface area contributed by atoms with Crippen molar-refractivity contribution in [3.8, 4) is 0 Å². The van der Waals surface area contributed by atoms with E-state index < -0.39 is 0 Å². The lowest BCUT2D eigenvalue weighted by Crippen LogP contribution is -2.66. The first-order valence-corrected chi connectivity index (χ1v) is 8.32. The molecule has 0 bridgehead atoms. The van der Waals surface area contributed by atoms with Crippen LogP contribution in [0, 0.1) is 6.92 Å². The van der Waals surface area contributed by atoms with Crippen LogP contribution in [0.2, 0.25) is 5.02 Å². The molecule has 0 aliphatic carbocycles. The largest absolute Gasteiger partial charge is 0.309 e. The summed E-state index contributed by atoms with van der Waals surface area (Å²) >= 11 is 6.49. The molecule has 0 aromatic carbocycles. The number of halogens is 1. The second-order valence-corrected chi connectivity index (χ2v) is 7.48. The highest BCUT2D eigenvalue weighted by Crippen LogP contribution is 2.30. The van der Waals surface area contributed by atoms with Crippen LogP contribution in [0.1, 0.15) is 52.4 Å². The Bertz CT molecular complexity index is 509. The van der Waals surface area contributed by atoms with E-state index in [-0.39, 0.29) is 11.1 Å². The maximum absolute atomic E-state index is 6.49. The maximum atomic E-state index is 6.49. The van der Waals surface area contributed by atoms with Crippen molar-refractivity contribution < 1.29 is 0 Å². The third-order valence-electron chi connectivity index (χ3n) is 4.85. The number of aryl methyl sites for hydroxylation is 2. The first-order valence-electron chi connectivity index (χ1n) is 7.94. The molecule has 21 heavy (non-hydrogen) atoms. The molecule has 1 aromatic rings. The smallest absolute Gasteiger partial charge is 0.0860 e. The molecule has 4 nitrogen and oxygen atoms in total. The highest BCUT2D eigenvalue weighted by molar-refractivity contribution is 6.31. The number of nitrogens with zero attached hydrogens (tertiary/aromatic N) is 3. The molecule has 1 atom stereocenters. The summed E-state index contributed by atoms with van der Waals surface area (Å²) in [5, 5.41) is 9.04. The predicted octanol–water partition coefficient (Wildman–Crippen LogP) is 3.22. The zero-order chi connectivity index (χ0) is 15.8. The zero-order valence-corrected chi connectivity index (χ0v) is 15.0. The van der Waals surface area contributed by atoms with E-state index in [2.05, 4.69) is 49.9 Å². The molecule has 1 aliphatic heterocycles. The molecule has 120 valence electrons. The summed E-state index contributed by atoms with van der Waals surface area (Å²) in [7, 11) is 0. The SMILES string of the molecule is CCn1nc(C)c(Cl)c1CN1CC(C)(C)NCC1(C)CC. The minimum absolute atomic E-state index is 0.132. The van der Waals surface area contributed by atoms with E-state index in [0.717, 1.165) is 49.0 Å². The molecule has 1 N–H and O–H groups in total. The van der Waals surface area contributed by atoms with Gasteiger partial charge >= 0.3 is 0 Å². The van der Waals surface area contributed by atoms with Gasteiger partial charge in [0.25, 0.3) is 0 Å². The van der Waals surface area contributed by atoms with Crippen molar-refractivity contribution in [1.82, 2.24) is 20.0 Å². The first-order chi connectivity index (χ1) is 9.72. The van der Waals surface area contributed by atoms with Crippen LogP contribution in [0.3, 0.4) is 0 Å². The molecule has 1 aliphatic rings. The Morgan fingerprint density at radius 1 is 1.29 bits per heavy atom. The van der Waals surface area contributed by atoms with Crippen molar-refractivity contribution in [3.05, 3.63) is 16.4 Å². The van der Waals surface area contributed by atoms with E-state index >= 15 is 0 Å². The lowest BCUT2D eigenvalue weighted by Gasteiger charge is -2.51. The molecule has 0 spiro atoms. The number of hydrogen-bond acceptors (Lipinski definition) is 3. The molecule has 5 heteroatoms. The Hall–Kier alpha value is -0.580. The Morgan fingerprint density at radius 3 is 2.52 bits per heavy atom. The minimum atomic E-state index is 0.132. The number of piperazine rings is 1. The van der Waals surface area contributed by atoms with Gasteiger partial charge in [-0.2, -0.15) is 5.10 Å². The molecular formula is C16H29ClN4. The third kappa shape index (κ3) is 3.27. The first kappa shape index (κ1) is 16.8. The fourth-order valence-corrected chi connectivity index (χ4v) is 3.26. The molecule has 0 radical (unpaired) electrons. The average Bonchev–Trinajstić information content (AvgIpc) is 2.70. The van der Waals surface area contributed by atoms with Crippen LogP contribution >= 0.6 is 11.6 Å². The van der Waals surface area contributed by atoms with Crippen molar-refractivity contribution in [2.75, 3.05) is 13.1 Å². The van der Waals surface area contributed by atoms with Crippen molar-refractivity contribution in [1.29, 1.82) is 0 Å². The van der Waals surface area contributed by atoms with E-state index in [1.807, 2.05) is 11.6 Å². The zero-order valence-electron chi connectivity index (χ0n) is 14.3. The third-order valence-corrected chi connectivity index (χ3v) is 5.34. The van der Waals surface area contributed by atoms with Crippen LogP contribution in [-0.4, -0.2) is 38.8 Å². The second-order valence-electron chi connectivity index (χ2n) is 7.11. The fraction of sp³-hybridized carbons (Fsp3) is 0.812. The molecule has 0 amide bonds.